The Kier molecular flexibility index (Phi) is 6.90. The molecule has 1 nitrogen and oxygen atoms in total. The third-order valence-electron chi connectivity index (χ3n) is 7.36. The summed E-state index contributed by atoms with van der Waals surface area (Å²) in [5.41, 5.74) is 12.5. The van der Waals surface area contributed by atoms with E-state index in [9.17, 15) is 4.79 Å². The quantitative estimate of drug-likeness (QED) is 0.122. The lowest BCUT2D eigenvalue weighted by molar-refractivity contribution is -0.108. The zero-order chi connectivity index (χ0) is 29.6. The first kappa shape index (κ1) is 27.7. The number of carbonyl (C=O) groups is 1. The van der Waals surface area contributed by atoms with E-state index >= 15 is 0 Å². The maximum Gasteiger partial charge on any atom is 0.195 e. The normalized spacial score (nSPS) is 13.0. The predicted octanol–water partition coefficient (Wildman–Crippen LogP) is 7.43. The highest BCUT2D eigenvalue weighted by molar-refractivity contribution is 6.84. The molecule has 0 saturated carbocycles. The Labute approximate surface area is 250 Å². The van der Waals surface area contributed by atoms with Crippen LogP contribution >= 0.6 is 0 Å². The fourth-order valence-corrected chi connectivity index (χ4v) is 6.58. The van der Waals surface area contributed by atoms with Crippen LogP contribution in [-0.2, 0) is 4.79 Å². The number of hydrogen-bond acceptors (Lipinski definition) is 1. The van der Waals surface area contributed by atoms with Gasteiger partial charge in [0.15, 0.2) is 5.78 Å². The topological polar surface area (TPSA) is 17.1 Å². The van der Waals surface area contributed by atoms with Gasteiger partial charge >= 0.3 is 0 Å². The van der Waals surface area contributed by atoms with Crippen LogP contribution in [0.15, 0.2) is 97.1 Å². The summed E-state index contributed by atoms with van der Waals surface area (Å²) in [7, 11) is -3.11. The van der Waals surface area contributed by atoms with Crippen molar-refractivity contribution in [2.75, 3.05) is 0 Å². The van der Waals surface area contributed by atoms with Gasteiger partial charge in [0.1, 0.15) is 16.1 Å². The van der Waals surface area contributed by atoms with Gasteiger partial charge in [-0.2, -0.15) is 0 Å². The van der Waals surface area contributed by atoms with Crippen molar-refractivity contribution in [3.8, 4) is 22.9 Å². The van der Waals surface area contributed by atoms with Crippen molar-refractivity contribution in [3.63, 3.8) is 0 Å². The van der Waals surface area contributed by atoms with Gasteiger partial charge in [-0.1, -0.05) is 124 Å². The number of ketones is 1. The highest BCUT2D eigenvalue weighted by Crippen LogP contribution is 2.30. The molecule has 0 N–H and O–H groups in total. The highest BCUT2D eigenvalue weighted by Gasteiger charge is 2.29. The van der Waals surface area contributed by atoms with Crippen LogP contribution in [0, 0.1) is 22.9 Å². The zero-order valence-corrected chi connectivity index (χ0v) is 27.1. The molecule has 0 heterocycles. The molecule has 5 aromatic carbocycles. The lowest BCUT2D eigenvalue weighted by atomic mass is 9.93. The second-order valence-corrected chi connectivity index (χ2v) is 22.6. The number of Topliss-reactive ketones (excluding diaryl/α,β-unsaturated/α-hetero) is 1. The van der Waals surface area contributed by atoms with E-state index in [1.54, 1.807) is 0 Å². The van der Waals surface area contributed by atoms with E-state index in [1.807, 2.05) is 60.7 Å². The third-order valence-corrected chi connectivity index (χ3v) is 9.11. The average molecular weight is 575 g/mol. The molecule has 42 heavy (non-hydrogen) atoms. The van der Waals surface area contributed by atoms with Gasteiger partial charge in [0.05, 0.1) is 0 Å². The van der Waals surface area contributed by atoms with E-state index < -0.39 is 16.1 Å². The average Bonchev–Trinajstić information content (AvgIpc) is 3.27. The SMILES string of the molecule is C[Si](C)(C)C#Cc1ccc2c3c(c4ccc(C#C[Si](C)(C)C)cc4c2c1)=C(c1ccccc1)C(=O)C=3c1ccccc1. The minimum absolute atomic E-state index is 0.0707. The minimum Gasteiger partial charge on any atom is -0.289 e. The molecule has 6 rings (SSSR count). The van der Waals surface area contributed by atoms with Gasteiger partial charge in [0.25, 0.3) is 0 Å². The molecule has 0 aliphatic heterocycles. The monoisotopic (exact) mass is 574 g/mol. The highest BCUT2D eigenvalue weighted by atomic mass is 28.3. The zero-order valence-electron chi connectivity index (χ0n) is 25.1. The van der Waals surface area contributed by atoms with Crippen molar-refractivity contribution in [1.82, 2.24) is 0 Å². The van der Waals surface area contributed by atoms with Crippen LogP contribution in [-0.4, -0.2) is 21.9 Å². The summed E-state index contributed by atoms with van der Waals surface area (Å²) >= 11 is 0. The molecule has 1 aliphatic rings. The van der Waals surface area contributed by atoms with Crippen LogP contribution in [0.3, 0.4) is 0 Å². The Morgan fingerprint density at radius 2 is 0.857 bits per heavy atom. The minimum atomic E-state index is -1.55. The molecule has 0 spiro atoms. The maximum absolute atomic E-state index is 14.5. The fourth-order valence-electron chi connectivity index (χ4n) is 5.55. The Morgan fingerprint density at radius 1 is 0.476 bits per heavy atom. The Morgan fingerprint density at radius 3 is 1.21 bits per heavy atom. The van der Waals surface area contributed by atoms with Gasteiger partial charge in [-0.15, -0.1) is 11.1 Å². The molecule has 0 unspecified atom stereocenters. The van der Waals surface area contributed by atoms with Crippen LogP contribution in [0.25, 0.3) is 32.7 Å². The van der Waals surface area contributed by atoms with Crippen molar-refractivity contribution in [2.24, 2.45) is 0 Å². The van der Waals surface area contributed by atoms with Crippen molar-refractivity contribution >= 4 is 54.6 Å². The van der Waals surface area contributed by atoms with E-state index in [2.05, 4.69) is 98.6 Å². The van der Waals surface area contributed by atoms with E-state index in [4.69, 9.17) is 0 Å². The lowest BCUT2D eigenvalue weighted by Gasteiger charge is -2.10. The first-order valence-corrected chi connectivity index (χ1v) is 21.5. The molecule has 204 valence electrons. The van der Waals surface area contributed by atoms with Crippen molar-refractivity contribution in [1.29, 1.82) is 0 Å². The molecule has 0 bridgehead atoms. The van der Waals surface area contributed by atoms with Crippen molar-refractivity contribution in [3.05, 3.63) is 130 Å². The van der Waals surface area contributed by atoms with Crippen molar-refractivity contribution < 1.29 is 4.79 Å². The molecule has 3 heteroatoms. The van der Waals surface area contributed by atoms with E-state index in [0.717, 1.165) is 65.4 Å². The van der Waals surface area contributed by atoms with Crippen LogP contribution in [0.4, 0.5) is 0 Å². The summed E-state index contributed by atoms with van der Waals surface area (Å²) < 4.78 is 0. The molecule has 0 aromatic heterocycles. The summed E-state index contributed by atoms with van der Waals surface area (Å²) in [5, 5.41) is 6.39. The summed E-state index contributed by atoms with van der Waals surface area (Å²) in [6.45, 7) is 13.6. The smallest absolute Gasteiger partial charge is 0.195 e. The van der Waals surface area contributed by atoms with Crippen molar-refractivity contribution in [2.45, 2.75) is 39.3 Å². The van der Waals surface area contributed by atoms with Gasteiger partial charge < -0.3 is 0 Å². The lowest BCUT2D eigenvalue weighted by Crippen LogP contribution is -2.27. The number of hydrogen-bond donors (Lipinski definition) is 0. The molecule has 5 aromatic rings. The van der Waals surface area contributed by atoms with Crippen LogP contribution in [0.2, 0.25) is 39.3 Å². The largest absolute Gasteiger partial charge is 0.289 e. The van der Waals surface area contributed by atoms with Crippen LogP contribution < -0.4 is 10.4 Å². The fraction of sp³-hybridized carbons (Fsp3) is 0.154. The van der Waals surface area contributed by atoms with Crippen LogP contribution in [0.1, 0.15) is 22.3 Å². The Balaban J connectivity index is 1.84. The summed E-state index contributed by atoms with van der Waals surface area (Å²) in [4.78, 5) is 14.5. The second-order valence-electron chi connectivity index (χ2n) is 13.1. The number of carbonyl (C=O) groups excluding carboxylic acids is 1. The molecule has 0 radical (unpaired) electrons. The van der Waals surface area contributed by atoms with Gasteiger partial charge in [-0.3, -0.25) is 4.79 Å². The number of rotatable bonds is 2. The van der Waals surface area contributed by atoms with Gasteiger partial charge in [0.2, 0.25) is 0 Å². The number of benzene rings is 5. The number of fused-ring (bicyclic) bond motifs is 6. The third kappa shape index (κ3) is 5.30. The van der Waals surface area contributed by atoms with Gasteiger partial charge in [-0.25, -0.2) is 0 Å². The standard InChI is InChI=1S/C39H34OSi2/c1-41(2,3)23-21-27-17-19-31-33(25-27)34-26-28(22-24-42(4,5)6)18-20-32(34)38-36(30-15-11-8-12-16-30)39(40)35(37(31)38)29-13-9-7-10-14-29/h7-20,25-26H,1-6H3. The molecule has 0 amide bonds. The maximum atomic E-state index is 14.5. The van der Waals surface area contributed by atoms with Crippen LogP contribution in [0.5, 0.6) is 0 Å². The molecule has 0 saturated heterocycles. The van der Waals surface area contributed by atoms with E-state index in [-0.39, 0.29) is 5.78 Å². The first-order chi connectivity index (χ1) is 20.0. The molecule has 0 fully saturated rings. The second kappa shape index (κ2) is 10.4. The van der Waals surface area contributed by atoms with E-state index in [0.29, 0.717) is 0 Å². The Bertz CT molecular complexity index is 2000. The molecular weight excluding hydrogens is 541 g/mol. The Hall–Kier alpha value is -4.42. The van der Waals surface area contributed by atoms with Gasteiger partial charge in [-0.05, 0) is 56.9 Å². The summed E-state index contributed by atoms with van der Waals surface area (Å²) in [5.74, 6) is 7.00. The molecule has 1 aliphatic carbocycles. The molecule has 0 atom stereocenters. The summed E-state index contributed by atoms with van der Waals surface area (Å²) in [6, 6.07) is 33.2. The molecular formula is C39H34OSi2. The first-order valence-electron chi connectivity index (χ1n) is 14.5. The summed E-state index contributed by atoms with van der Waals surface area (Å²) in [6.07, 6.45) is 0. The van der Waals surface area contributed by atoms with E-state index in [1.165, 1.54) is 0 Å². The predicted molar refractivity (Wildman–Crippen MR) is 184 cm³/mol. The van der Waals surface area contributed by atoms with Gasteiger partial charge in [0, 0.05) is 32.7 Å².